The molecule has 0 saturated heterocycles. The number of hydrogen-bond acceptors (Lipinski definition) is 3. The van der Waals surface area contributed by atoms with Crippen LogP contribution in [-0.4, -0.2) is 17.4 Å². The molecule has 0 aliphatic rings. The first-order valence-corrected chi connectivity index (χ1v) is 4.29. The van der Waals surface area contributed by atoms with Crippen molar-refractivity contribution in [1.29, 1.82) is 0 Å². The summed E-state index contributed by atoms with van der Waals surface area (Å²) in [5.41, 5.74) is 0. The largest absolute Gasteiger partial charge is 0.481 e. The van der Waals surface area contributed by atoms with Crippen molar-refractivity contribution in [2.24, 2.45) is 0 Å². The van der Waals surface area contributed by atoms with Gasteiger partial charge in [-0.25, -0.2) is 0 Å². The summed E-state index contributed by atoms with van der Waals surface area (Å²) in [6.07, 6.45) is 1.40. The molecule has 0 radical (unpaired) electrons. The van der Waals surface area contributed by atoms with Crippen molar-refractivity contribution >= 4 is 23.6 Å². The molecule has 64 valence electrons. The molecule has 3 nitrogen and oxygen atoms in total. The molecular formula is C8H8O3S. The first-order valence-electron chi connectivity index (χ1n) is 3.48. The molecule has 12 heavy (non-hydrogen) atoms. The van der Waals surface area contributed by atoms with Gasteiger partial charge in [-0.1, -0.05) is 0 Å². The van der Waals surface area contributed by atoms with E-state index in [2.05, 4.69) is 0 Å². The molecule has 0 unspecified atom stereocenters. The molecule has 1 rings (SSSR count). The number of carboxylic acids is 1. The standard InChI is InChI=1S/C8H8O3S/c9-5-7-2-1-6(12-7)3-4-8(10)11/h1-2,5H,3-4H2,(H,10,11). The number of thiophene rings is 1. The summed E-state index contributed by atoms with van der Waals surface area (Å²) in [5, 5.41) is 8.37. The number of hydrogen-bond donors (Lipinski definition) is 1. The van der Waals surface area contributed by atoms with E-state index in [4.69, 9.17) is 5.11 Å². The second-order valence-corrected chi connectivity index (χ2v) is 3.52. The lowest BCUT2D eigenvalue weighted by Crippen LogP contribution is -1.95. The van der Waals surface area contributed by atoms with Gasteiger partial charge >= 0.3 is 5.97 Å². The van der Waals surface area contributed by atoms with Crippen molar-refractivity contribution in [2.45, 2.75) is 12.8 Å². The van der Waals surface area contributed by atoms with Crippen molar-refractivity contribution in [3.63, 3.8) is 0 Å². The summed E-state index contributed by atoms with van der Waals surface area (Å²) in [5.74, 6) is -0.809. The molecule has 0 bridgehead atoms. The Morgan fingerprint density at radius 3 is 2.83 bits per heavy atom. The number of carbonyl (C=O) groups excluding carboxylic acids is 1. The molecule has 4 heteroatoms. The fourth-order valence-electron chi connectivity index (χ4n) is 0.822. The van der Waals surface area contributed by atoms with Gasteiger partial charge in [-0.05, 0) is 18.6 Å². The highest BCUT2D eigenvalue weighted by molar-refractivity contribution is 7.13. The zero-order valence-corrected chi connectivity index (χ0v) is 7.13. The molecule has 0 atom stereocenters. The predicted molar refractivity (Wildman–Crippen MR) is 45.7 cm³/mol. The van der Waals surface area contributed by atoms with Crippen molar-refractivity contribution in [3.8, 4) is 0 Å². The van der Waals surface area contributed by atoms with E-state index < -0.39 is 5.97 Å². The molecule has 0 aliphatic heterocycles. The number of carboxylic acid groups (broad SMARTS) is 1. The van der Waals surface area contributed by atoms with Crippen LogP contribution in [0, 0.1) is 0 Å². The van der Waals surface area contributed by atoms with Crippen LogP contribution in [0.25, 0.3) is 0 Å². The minimum Gasteiger partial charge on any atom is -0.481 e. The fraction of sp³-hybridized carbons (Fsp3) is 0.250. The number of carbonyl (C=O) groups is 2. The van der Waals surface area contributed by atoms with E-state index in [-0.39, 0.29) is 6.42 Å². The summed E-state index contributed by atoms with van der Waals surface area (Å²) in [7, 11) is 0. The van der Waals surface area contributed by atoms with Crippen molar-refractivity contribution in [1.82, 2.24) is 0 Å². The Bertz CT molecular complexity index is 290. The highest BCUT2D eigenvalue weighted by atomic mass is 32.1. The Morgan fingerprint density at radius 2 is 2.33 bits per heavy atom. The van der Waals surface area contributed by atoms with Crippen molar-refractivity contribution in [2.75, 3.05) is 0 Å². The van der Waals surface area contributed by atoms with Crippen LogP contribution in [-0.2, 0) is 11.2 Å². The number of aliphatic carboxylic acids is 1. The second-order valence-electron chi connectivity index (χ2n) is 2.32. The highest BCUT2D eigenvalue weighted by Gasteiger charge is 2.01. The molecule has 1 aromatic heterocycles. The van der Waals surface area contributed by atoms with Crippen LogP contribution in [0.3, 0.4) is 0 Å². The zero-order chi connectivity index (χ0) is 8.97. The summed E-state index contributed by atoms with van der Waals surface area (Å²) in [6, 6.07) is 3.49. The molecular weight excluding hydrogens is 176 g/mol. The lowest BCUT2D eigenvalue weighted by molar-refractivity contribution is -0.136. The van der Waals surface area contributed by atoms with Crippen LogP contribution in [0.1, 0.15) is 21.0 Å². The Labute approximate surface area is 73.6 Å². The topological polar surface area (TPSA) is 54.4 Å². The Kier molecular flexibility index (Phi) is 2.99. The van der Waals surface area contributed by atoms with E-state index in [1.165, 1.54) is 11.3 Å². The quantitative estimate of drug-likeness (QED) is 0.723. The van der Waals surface area contributed by atoms with Crippen LogP contribution >= 0.6 is 11.3 Å². The SMILES string of the molecule is O=Cc1ccc(CCC(=O)O)s1. The summed E-state index contributed by atoms with van der Waals surface area (Å²) in [4.78, 5) is 22.0. The van der Waals surface area contributed by atoms with Gasteiger partial charge in [-0.15, -0.1) is 11.3 Å². The van der Waals surface area contributed by atoms with Crippen LogP contribution in [0.4, 0.5) is 0 Å². The average Bonchev–Trinajstić information content (AvgIpc) is 2.48. The predicted octanol–water partition coefficient (Wildman–Crippen LogP) is 1.58. The monoisotopic (exact) mass is 184 g/mol. The van der Waals surface area contributed by atoms with Gasteiger partial charge in [-0.2, -0.15) is 0 Å². The van der Waals surface area contributed by atoms with Crippen LogP contribution in [0.15, 0.2) is 12.1 Å². The molecule has 1 aromatic rings. The second kappa shape index (κ2) is 4.01. The Balaban J connectivity index is 2.52. The number of aryl methyl sites for hydroxylation is 1. The maximum absolute atomic E-state index is 10.3. The zero-order valence-electron chi connectivity index (χ0n) is 6.32. The summed E-state index contributed by atoms with van der Waals surface area (Å²) in [6.45, 7) is 0. The van der Waals surface area contributed by atoms with E-state index in [0.29, 0.717) is 11.3 Å². The van der Waals surface area contributed by atoms with E-state index in [1.807, 2.05) is 0 Å². The lowest BCUT2D eigenvalue weighted by atomic mass is 10.3. The molecule has 0 aliphatic carbocycles. The van der Waals surface area contributed by atoms with Crippen molar-refractivity contribution < 1.29 is 14.7 Å². The number of aldehydes is 1. The van der Waals surface area contributed by atoms with E-state index in [1.54, 1.807) is 12.1 Å². The highest BCUT2D eigenvalue weighted by Crippen LogP contribution is 2.15. The van der Waals surface area contributed by atoms with Crippen LogP contribution in [0.2, 0.25) is 0 Å². The fourth-order valence-corrected chi connectivity index (χ4v) is 1.65. The Morgan fingerprint density at radius 1 is 1.58 bits per heavy atom. The number of rotatable bonds is 4. The smallest absolute Gasteiger partial charge is 0.303 e. The van der Waals surface area contributed by atoms with Gasteiger partial charge in [0.05, 0.1) is 11.3 Å². The lowest BCUT2D eigenvalue weighted by Gasteiger charge is -1.90. The van der Waals surface area contributed by atoms with E-state index >= 15 is 0 Å². The summed E-state index contributed by atoms with van der Waals surface area (Å²) < 4.78 is 0. The summed E-state index contributed by atoms with van der Waals surface area (Å²) >= 11 is 1.34. The van der Waals surface area contributed by atoms with Gasteiger partial charge in [-0.3, -0.25) is 9.59 Å². The van der Waals surface area contributed by atoms with E-state index in [9.17, 15) is 9.59 Å². The van der Waals surface area contributed by atoms with Crippen molar-refractivity contribution in [3.05, 3.63) is 21.9 Å². The maximum atomic E-state index is 10.3. The van der Waals surface area contributed by atoms with Gasteiger partial charge in [0.15, 0.2) is 6.29 Å². The van der Waals surface area contributed by atoms with Gasteiger partial charge in [0.1, 0.15) is 0 Å². The minimum atomic E-state index is -0.809. The van der Waals surface area contributed by atoms with Crippen LogP contribution < -0.4 is 0 Å². The van der Waals surface area contributed by atoms with Gasteiger partial charge in [0.2, 0.25) is 0 Å². The molecule has 0 spiro atoms. The molecule has 1 heterocycles. The molecule has 0 aromatic carbocycles. The minimum absolute atomic E-state index is 0.124. The Hall–Kier alpha value is -1.16. The third-order valence-corrected chi connectivity index (χ3v) is 2.45. The first kappa shape index (κ1) is 8.93. The van der Waals surface area contributed by atoms with Gasteiger partial charge < -0.3 is 5.11 Å². The van der Waals surface area contributed by atoms with Crippen LogP contribution in [0.5, 0.6) is 0 Å². The molecule has 0 fully saturated rings. The van der Waals surface area contributed by atoms with Gasteiger partial charge in [0, 0.05) is 4.88 Å². The van der Waals surface area contributed by atoms with E-state index in [0.717, 1.165) is 11.2 Å². The molecule has 0 amide bonds. The normalized spacial score (nSPS) is 9.67. The maximum Gasteiger partial charge on any atom is 0.303 e. The third kappa shape index (κ3) is 2.47. The molecule has 0 saturated carbocycles. The molecule has 1 N–H and O–H groups in total. The average molecular weight is 184 g/mol. The van der Waals surface area contributed by atoms with Gasteiger partial charge in [0.25, 0.3) is 0 Å². The first-order chi connectivity index (χ1) is 5.72. The third-order valence-electron chi connectivity index (χ3n) is 1.38.